The van der Waals surface area contributed by atoms with Crippen LogP contribution in [0.4, 0.5) is 11.6 Å². The first-order chi connectivity index (χ1) is 9.38. The van der Waals surface area contributed by atoms with Crippen LogP contribution in [0.1, 0.15) is 39.0 Å². The third kappa shape index (κ3) is 3.47. The molecule has 2 rings (SSSR count). The number of nitrogens with zero attached hydrogens (tertiary/aromatic N) is 1. The van der Waals surface area contributed by atoms with Gasteiger partial charge in [-0.3, -0.25) is 9.78 Å². The van der Waals surface area contributed by atoms with Crippen molar-refractivity contribution in [2.24, 2.45) is 0 Å². The summed E-state index contributed by atoms with van der Waals surface area (Å²) in [5.74, 6) is 0.484. The molecule has 20 heavy (non-hydrogen) atoms. The maximum atomic E-state index is 11.5. The second kappa shape index (κ2) is 5.49. The first-order valence-corrected chi connectivity index (χ1v) is 6.86. The van der Waals surface area contributed by atoms with Crippen LogP contribution in [0, 0.1) is 0 Å². The molecule has 0 amide bonds. The summed E-state index contributed by atoms with van der Waals surface area (Å²) in [7, 11) is 0. The SMILES string of the molecule is CCc1cc(=O)[nH]c(Nc2ccc(C(C)(C)C)cc2)n1. The minimum atomic E-state index is -0.134. The number of nitrogens with one attached hydrogen (secondary N) is 2. The van der Waals surface area contributed by atoms with Gasteiger partial charge in [-0.1, -0.05) is 39.8 Å². The van der Waals surface area contributed by atoms with Gasteiger partial charge >= 0.3 is 0 Å². The van der Waals surface area contributed by atoms with E-state index in [1.54, 1.807) is 0 Å². The van der Waals surface area contributed by atoms with Gasteiger partial charge in [0.25, 0.3) is 5.56 Å². The maximum Gasteiger partial charge on any atom is 0.252 e. The van der Waals surface area contributed by atoms with Gasteiger partial charge in [0.15, 0.2) is 0 Å². The van der Waals surface area contributed by atoms with Gasteiger partial charge < -0.3 is 5.32 Å². The van der Waals surface area contributed by atoms with E-state index in [-0.39, 0.29) is 11.0 Å². The molecule has 0 saturated carbocycles. The average molecular weight is 271 g/mol. The second-order valence-corrected chi connectivity index (χ2v) is 5.89. The van der Waals surface area contributed by atoms with E-state index in [2.05, 4.69) is 48.2 Å². The van der Waals surface area contributed by atoms with Gasteiger partial charge in [0, 0.05) is 17.4 Å². The lowest BCUT2D eigenvalue weighted by molar-refractivity contribution is 0.590. The molecular weight excluding hydrogens is 250 g/mol. The first-order valence-electron chi connectivity index (χ1n) is 6.86. The molecule has 1 aromatic heterocycles. The van der Waals surface area contributed by atoms with Gasteiger partial charge in [0.05, 0.1) is 0 Å². The fourth-order valence-electron chi connectivity index (χ4n) is 1.94. The van der Waals surface area contributed by atoms with E-state index in [4.69, 9.17) is 0 Å². The van der Waals surface area contributed by atoms with Crippen LogP contribution in [-0.4, -0.2) is 9.97 Å². The molecule has 1 aromatic carbocycles. The van der Waals surface area contributed by atoms with Gasteiger partial charge in [-0.25, -0.2) is 4.98 Å². The Hall–Kier alpha value is -2.10. The van der Waals surface area contributed by atoms with Crippen LogP contribution >= 0.6 is 0 Å². The molecule has 0 unspecified atom stereocenters. The summed E-state index contributed by atoms with van der Waals surface area (Å²) >= 11 is 0. The minimum absolute atomic E-state index is 0.132. The molecule has 0 fully saturated rings. The lowest BCUT2D eigenvalue weighted by atomic mass is 9.87. The summed E-state index contributed by atoms with van der Waals surface area (Å²) in [6.07, 6.45) is 0.738. The van der Waals surface area contributed by atoms with E-state index in [0.29, 0.717) is 5.95 Å². The Morgan fingerprint density at radius 2 is 1.85 bits per heavy atom. The number of aromatic amines is 1. The van der Waals surface area contributed by atoms with Crippen molar-refractivity contribution in [1.82, 2.24) is 9.97 Å². The van der Waals surface area contributed by atoms with Crippen molar-refractivity contribution in [3.63, 3.8) is 0 Å². The molecule has 0 saturated heterocycles. The molecule has 0 atom stereocenters. The van der Waals surface area contributed by atoms with Crippen LogP contribution < -0.4 is 10.9 Å². The zero-order chi connectivity index (χ0) is 14.8. The van der Waals surface area contributed by atoms with Gasteiger partial charge in [-0.2, -0.15) is 0 Å². The average Bonchev–Trinajstić information content (AvgIpc) is 2.37. The maximum absolute atomic E-state index is 11.5. The second-order valence-electron chi connectivity index (χ2n) is 5.89. The normalized spacial score (nSPS) is 11.4. The van der Waals surface area contributed by atoms with Crippen molar-refractivity contribution in [3.05, 3.63) is 51.9 Å². The summed E-state index contributed by atoms with van der Waals surface area (Å²) in [6.45, 7) is 8.52. The Morgan fingerprint density at radius 3 is 2.40 bits per heavy atom. The van der Waals surface area contributed by atoms with E-state index in [9.17, 15) is 4.79 Å². The van der Waals surface area contributed by atoms with E-state index in [1.807, 2.05) is 19.1 Å². The van der Waals surface area contributed by atoms with Gasteiger partial charge in [0.1, 0.15) is 0 Å². The molecule has 1 heterocycles. The van der Waals surface area contributed by atoms with Crippen molar-refractivity contribution in [2.45, 2.75) is 39.5 Å². The predicted molar refractivity (Wildman–Crippen MR) is 82.7 cm³/mol. The van der Waals surface area contributed by atoms with Crippen molar-refractivity contribution >= 4 is 11.6 Å². The molecule has 0 bridgehead atoms. The highest BCUT2D eigenvalue weighted by Gasteiger charge is 2.12. The molecular formula is C16H21N3O. The Labute approximate surface area is 119 Å². The van der Waals surface area contributed by atoms with Crippen LogP contribution in [0.25, 0.3) is 0 Å². The Morgan fingerprint density at radius 1 is 1.20 bits per heavy atom. The van der Waals surface area contributed by atoms with Crippen LogP contribution in [0.2, 0.25) is 0 Å². The van der Waals surface area contributed by atoms with Crippen molar-refractivity contribution in [1.29, 1.82) is 0 Å². The number of hydrogen-bond acceptors (Lipinski definition) is 3. The summed E-state index contributed by atoms with van der Waals surface area (Å²) in [5.41, 5.74) is 2.96. The van der Waals surface area contributed by atoms with Crippen LogP contribution in [0.5, 0.6) is 0 Å². The molecule has 0 spiro atoms. The van der Waals surface area contributed by atoms with Gasteiger partial charge in [0.2, 0.25) is 5.95 Å². The highest BCUT2D eigenvalue weighted by Crippen LogP contribution is 2.24. The summed E-state index contributed by atoms with van der Waals surface area (Å²) in [4.78, 5) is 18.6. The highest BCUT2D eigenvalue weighted by atomic mass is 16.1. The highest BCUT2D eigenvalue weighted by molar-refractivity contribution is 5.54. The van der Waals surface area contributed by atoms with E-state index in [0.717, 1.165) is 17.8 Å². The quantitative estimate of drug-likeness (QED) is 0.899. The van der Waals surface area contributed by atoms with Crippen molar-refractivity contribution in [3.8, 4) is 0 Å². The van der Waals surface area contributed by atoms with E-state index < -0.39 is 0 Å². The number of aromatic nitrogens is 2. The smallest absolute Gasteiger partial charge is 0.252 e. The third-order valence-corrected chi connectivity index (χ3v) is 3.17. The molecule has 4 nitrogen and oxygen atoms in total. The van der Waals surface area contributed by atoms with Gasteiger partial charge in [-0.15, -0.1) is 0 Å². The molecule has 2 N–H and O–H groups in total. The first kappa shape index (κ1) is 14.3. The summed E-state index contributed by atoms with van der Waals surface area (Å²) < 4.78 is 0. The third-order valence-electron chi connectivity index (χ3n) is 3.17. The Kier molecular flexibility index (Phi) is 3.93. The molecule has 0 aliphatic carbocycles. The molecule has 106 valence electrons. The summed E-state index contributed by atoms with van der Waals surface area (Å²) in [5, 5.41) is 3.13. The number of rotatable bonds is 3. The Bertz CT molecular complexity index is 636. The van der Waals surface area contributed by atoms with Gasteiger partial charge in [-0.05, 0) is 29.5 Å². The zero-order valence-corrected chi connectivity index (χ0v) is 12.4. The number of benzene rings is 1. The van der Waals surface area contributed by atoms with E-state index in [1.165, 1.54) is 11.6 Å². The fraction of sp³-hybridized carbons (Fsp3) is 0.375. The van der Waals surface area contributed by atoms with Crippen LogP contribution in [0.3, 0.4) is 0 Å². The summed E-state index contributed by atoms with van der Waals surface area (Å²) in [6, 6.07) is 9.69. The molecule has 0 aliphatic rings. The Balaban J connectivity index is 2.22. The standard InChI is InChI=1S/C16H21N3O/c1-5-12-10-14(20)19-15(17-12)18-13-8-6-11(7-9-13)16(2,3)4/h6-10H,5H2,1-4H3,(H2,17,18,19,20). The number of anilines is 2. The van der Waals surface area contributed by atoms with E-state index >= 15 is 0 Å². The van der Waals surface area contributed by atoms with Crippen molar-refractivity contribution < 1.29 is 0 Å². The molecule has 2 aromatic rings. The monoisotopic (exact) mass is 271 g/mol. The number of H-pyrrole nitrogens is 1. The molecule has 4 heteroatoms. The zero-order valence-electron chi connectivity index (χ0n) is 12.4. The predicted octanol–water partition coefficient (Wildman–Crippen LogP) is 3.37. The van der Waals surface area contributed by atoms with Crippen LogP contribution in [-0.2, 0) is 11.8 Å². The number of hydrogen-bond donors (Lipinski definition) is 2. The molecule has 0 radical (unpaired) electrons. The lowest BCUT2D eigenvalue weighted by Gasteiger charge is -2.19. The fourth-order valence-corrected chi connectivity index (χ4v) is 1.94. The lowest BCUT2D eigenvalue weighted by Crippen LogP contribution is -2.12. The topological polar surface area (TPSA) is 57.8 Å². The van der Waals surface area contributed by atoms with Crippen molar-refractivity contribution in [2.75, 3.05) is 5.32 Å². The molecule has 0 aliphatic heterocycles. The largest absolute Gasteiger partial charge is 0.326 e. The van der Waals surface area contributed by atoms with Crippen LogP contribution in [0.15, 0.2) is 35.1 Å². The number of aryl methyl sites for hydroxylation is 1. The minimum Gasteiger partial charge on any atom is -0.326 e.